The molecule has 1 saturated carbocycles. The van der Waals surface area contributed by atoms with Gasteiger partial charge in [0.05, 0.1) is 0 Å². The van der Waals surface area contributed by atoms with Crippen molar-refractivity contribution in [1.82, 2.24) is 19.4 Å². The van der Waals surface area contributed by atoms with Crippen LogP contribution in [0.5, 0.6) is 0 Å². The summed E-state index contributed by atoms with van der Waals surface area (Å²) in [5.74, 6) is 1.51. The van der Waals surface area contributed by atoms with Gasteiger partial charge in [-0.05, 0) is 67.7 Å². The molecule has 0 radical (unpaired) electrons. The predicted molar refractivity (Wildman–Crippen MR) is 138 cm³/mol. The molecule has 1 aliphatic heterocycles. The van der Waals surface area contributed by atoms with Crippen molar-refractivity contribution in [1.29, 1.82) is 0 Å². The summed E-state index contributed by atoms with van der Waals surface area (Å²) < 4.78 is 1.83. The number of nitrogens with one attached hydrogen (secondary N) is 1. The van der Waals surface area contributed by atoms with E-state index in [0.717, 1.165) is 60.3 Å². The molecule has 3 heterocycles. The van der Waals surface area contributed by atoms with Crippen molar-refractivity contribution in [3.8, 4) is 22.5 Å². The molecule has 1 atom stereocenters. The number of aryl methyl sites for hydroxylation is 1. The minimum atomic E-state index is 0.0146. The summed E-state index contributed by atoms with van der Waals surface area (Å²) in [7, 11) is 0. The molecule has 6 rings (SSSR count). The second kappa shape index (κ2) is 8.52. The maximum Gasteiger partial charge on any atom is 0.256 e. The SMILES string of the molecule is Cc1nc(-c2ccc(-c3ccc4cc[nH]c4c3)cc2)n(C[C@@H]2CCN(C(=O)C3CC3)C2)c(=O)c1C. The highest BCUT2D eigenvalue weighted by molar-refractivity contribution is 5.85. The summed E-state index contributed by atoms with van der Waals surface area (Å²) in [5.41, 5.74) is 5.77. The highest BCUT2D eigenvalue weighted by Crippen LogP contribution is 2.33. The first kappa shape index (κ1) is 21.8. The van der Waals surface area contributed by atoms with Gasteiger partial charge in [-0.15, -0.1) is 0 Å². The minimum absolute atomic E-state index is 0.0146. The maximum absolute atomic E-state index is 13.3. The van der Waals surface area contributed by atoms with Crippen molar-refractivity contribution in [2.24, 2.45) is 11.8 Å². The van der Waals surface area contributed by atoms with Crippen LogP contribution in [0.15, 0.2) is 59.5 Å². The minimum Gasteiger partial charge on any atom is -0.361 e. The second-order valence-electron chi connectivity index (χ2n) is 10.1. The molecule has 1 N–H and O–H groups in total. The average Bonchev–Trinajstić information content (AvgIpc) is 3.44. The lowest BCUT2D eigenvalue weighted by Crippen LogP contribution is -2.32. The van der Waals surface area contributed by atoms with Gasteiger partial charge in [-0.2, -0.15) is 0 Å². The summed E-state index contributed by atoms with van der Waals surface area (Å²) in [6.07, 6.45) is 4.93. The van der Waals surface area contributed by atoms with E-state index in [1.54, 1.807) is 0 Å². The number of aromatic amines is 1. The third-order valence-corrected chi connectivity index (χ3v) is 7.63. The zero-order chi connectivity index (χ0) is 24.1. The molecule has 0 unspecified atom stereocenters. The summed E-state index contributed by atoms with van der Waals surface area (Å²) in [6.45, 7) is 5.86. The fraction of sp³-hybridized carbons (Fsp3) is 0.345. The summed E-state index contributed by atoms with van der Waals surface area (Å²) in [6, 6.07) is 16.8. The van der Waals surface area contributed by atoms with Crippen LogP contribution in [0.1, 0.15) is 30.5 Å². The fourth-order valence-corrected chi connectivity index (χ4v) is 5.21. The van der Waals surface area contributed by atoms with E-state index in [4.69, 9.17) is 4.98 Å². The van der Waals surface area contributed by atoms with Crippen LogP contribution in [0.3, 0.4) is 0 Å². The molecule has 2 aliphatic rings. The number of fused-ring (bicyclic) bond motifs is 1. The Morgan fingerprint density at radius 2 is 1.74 bits per heavy atom. The topological polar surface area (TPSA) is 71.0 Å². The average molecular weight is 467 g/mol. The first-order valence-corrected chi connectivity index (χ1v) is 12.5. The first-order chi connectivity index (χ1) is 17.0. The quantitative estimate of drug-likeness (QED) is 0.453. The molecule has 178 valence electrons. The number of amides is 1. The van der Waals surface area contributed by atoms with Crippen LogP contribution in [0.2, 0.25) is 0 Å². The van der Waals surface area contributed by atoms with Gasteiger partial charge < -0.3 is 9.88 Å². The van der Waals surface area contributed by atoms with Gasteiger partial charge in [0, 0.05) is 54.1 Å². The number of likely N-dealkylation sites (tertiary alicyclic amines) is 1. The Kier molecular flexibility index (Phi) is 5.32. The second-order valence-corrected chi connectivity index (χ2v) is 10.1. The molecule has 0 spiro atoms. The number of hydrogen-bond acceptors (Lipinski definition) is 3. The van der Waals surface area contributed by atoms with E-state index in [0.29, 0.717) is 23.8 Å². The molecule has 1 saturated heterocycles. The molecule has 4 aromatic rings. The van der Waals surface area contributed by atoms with E-state index in [1.165, 1.54) is 5.39 Å². The Morgan fingerprint density at radius 3 is 2.51 bits per heavy atom. The van der Waals surface area contributed by atoms with Crippen molar-refractivity contribution < 1.29 is 4.79 Å². The summed E-state index contributed by atoms with van der Waals surface area (Å²) in [5, 5.41) is 1.19. The van der Waals surface area contributed by atoms with Crippen molar-refractivity contribution in [2.45, 2.75) is 39.7 Å². The molecule has 35 heavy (non-hydrogen) atoms. The zero-order valence-corrected chi connectivity index (χ0v) is 20.3. The van der Waals surface area contributed by atoms with Crippen molar-refractivity contribution in [3.63, 3.8) is 0 Å². The molecule has 2 fully saturated rings. The van der Waals surface area contributed by atoms with Crippen LogP contribution >= 0.6 is 0 Å². The molecule has 6 nitrogen and oxygen atoms in total. The van der Waals surface area contributed by atoms with E-state index < -0.39 is 0 Å². The Balaban J connectivity index is 1.30. The highest BCUT2D eigenvalue weighted by Gasteiger charge is 2.36. The number of carbonyl (C=O) groups is 1. The van der Waals surface area contributed by atoms with E-state index in [9.17, 15) is 9.59 Å². The molecule has 2 aromatic heterocycles. The maximum atomic E-state index is 13.3. The van der Waals surface area contributed by atoms with Gasteiger partial charge in [0.15, 0.2) is 0 Å². The van der Waals surface area contributed by atoms with Gasteiger partial charge >= 0.3 is 0 Å². The lowest BCUT2D eigenvalue weighted by atomic mass is 10.0. The standard InChI is InChI=1S/C29H30N4O2/c1-18-19(2)31-27(33(28(18)34)17-20-12-14-32(16-20)29(35)24-8-9-24)23-6-3-21(4-7-23)25-10-5-22-11-13-30-26(22)15-25/h3-7,10-11,13,15,20,24,30H,8-9,12,14,16-17H2,1-2H3/t20-/m1/s1. The van der Waals surface area contributed by atoms with Gasteiger partial charge in [-0.25, -0.2) is 4.98 Å². The van der Waals surface area contributed by atoms with Crippen LogP contribution < -0.4 is 5.56 Å². The molecule has 6 heteroatoms. The van der Waals surface area contributed by atoms with Crippen molar-refractivity contribution >= 4 is 16.8 Å². The molecule has 1 amide bonds. The monoisotopic (exact) mass is 466 g/mol. The van der Waals surface area contributed by atoms with E-state index in [2.05, 4.69) is 53.5 Å². The van der Waals surface area contributed by atoms with Gasteiger partial charge in [0.1, 0.15) is 5.82 Å². The smallest absolute Gasteiger partial charge is 0.256 e. The van der Waals surface area contributed by atoms with Gasteiger partial charge in [-0.3, -0.25) is 14.2 Å². The highest BCUT2D eigenvalue weighted by atomic mass is 16.2. The molecule has 1 aliphatic carbocycles. The van der Waals surface area contributed by atoms with Crippen LogP contribution in [0.4, 0.5) is 0 Å². The van der Waals surface area contributed by atoms with Gasteiger partial charge in [0.2, 0.25) is 5.91 Å². The van der Waals surface area contributed by atoms with Crippen LogP contribution in [-0.2, 0) is 11.3 Å². The van der Waals surface area contributed by atoms with Gasteiger partial charge in [-0.1, -0.05) is 36.4 Å². The molecular formula is C29H30N4O2. The largest absolute Gasteiger partial charge is 0.361 e. The number of H-pyrrole nitrogens is 1. The van der Waals surface area contributed by atoms with E-state index in [1.807, 2.05) is 29.5 Å². The third-order valence-electron chi connectivity index (χ3n) is 7.63. The number of rotatable bonds is 5. The van der Waals surface area contributed by atoms with Crippen LogP contribution in [-0.4, -0.2) is 38.4 Å². The zero-order valence-electron chi connectivity index (χ0n) is 20.3. The molecule has 0 bridgehead atoms. The van der Waals surface area contributed by atoms with Crippen LogP contribution in [0, 0.1) is 25.7 Å². The van der Waals surface area contributed by atoms with Crippen molar-refractivity contribution in [2.75, 3.05) is 13.1 Å². The molecular weight excluding hydrogens is 436 g/mol. The Hall–Kier alpha value is -3.67. The predicted octanol–water partition coefficient (Wildman–Crippen LogP) is 4.93. The third kappa shape index (κ3) is 4.07. The number of nitrogens with zero attached hydrogens (tertiary/aromatic N) is 3. The first-order valence-electron chi connectivity index (χ1n) is 12.5. The van der Waals surface area contributed by atoms with Crippen LogP contribution in [0.25, 0.3) is 33.4 Å². The summed E-state index contributed by atoms with van der Waals surface area (Å²) in [4.78, 5) is 36.0. The normalized spacial score (nSPS) is 17.9. The molecule has 2 aromatic carbocycles. The Morgan fingerprint density at radius 1 is 1.00 bits per heavy atom. The summed E-state index contributed by atoms with van der Waals surface area (Å²) >= 11 is 0. The lowest BCUT2D eigenvalue weighted by Gasteiger charge is -2.19. The fourth-order valence-electron chi connectivity index (χ4n) is 5.21. The van der Waals surface area contributed by atoms with E-state index in [-0.39, 0.29) is 17.4 Å². The Labute approximate surface area is 204 Å². The van der Waals surface area contributed by atoms with E-state index >= 15 is 0 Å². The number of hydrogen-bond donors (Lipinski definition) is 1. The van der Waals surface area contributed by atoms with Gasteiger partial charge in [0.25, 0.3) is 5.56 Å². The number of carbonyl (C=O) groups excluding carboxylic acids is 1. The van der Waals surface area contributed by atoms with Crippen molar-refractivity contribution in [3.05, 3.63) is 76.3 Å². The number of benzene rings is 2. The Bertz CT molecular complexity index is 1480. The lowest BCUT2D eigenvalue weighted by molar-refractivity contribution is -0.131. The number of aromatic nitrogens is 3.